The third-order valence-electron chi connectivity index (χ3n) is 1.05. The van der Waals surface area contributed by atoms with E-state index in [9.17, 15) is 4.79 Å². The van der Waals surface area contributed by atoms with Crippen LogP contribution >= 0.6 is 11.8 Å². The lowest BCUT2D eigenvalue weighted by Crippen LogP contribution is -2.15. The Balaban J connectivity index is 2.18. The van der Waals surface area contributed by atoms with Gasteiger partial charge in [0.05, 0.1) is 6.26 Å². The maximum Gasteiger partial charge on any atom is 0.367 e. The Morgan fingerprint density at radius 2 is 2.80 bits per heavy atom. The lowest BCUT2D eigenvalue weighted by molar-refractivity contribution is 0.0885. The smallest absolute Gasteiger partial charge is 0.367 e. The predicted octanol–water partition coefficient (Wildman–Crippen LogP) is 1.40. The van der Waals surface area contributed by atoms with Crippen LogP contribution in [0.4, 0.5) is 4.79 Å². The topological polar surface area (TPSA) is 35.5 Å². The third-order valence-corrected chi connectivity index (χ3v) is 1.92. The highest BCUT2D eigenvalue weighted by Gasteiger charge is 2.23. The van der Waals surface area contributed by atoms with Gasteiger partial charge in [0.25, 0.3) is 0 Å². The molecule has 0 spiro atoms. The number of ether oxygens (including phenoxy) is 2. The van der Waals surface area contributed by atoms with Gasteiger partial charge >= 0.3 is 5.30 Å². The highest BCUT2D eigenvalue weighted by atomic mass is 32.2. The highest BCUT2D eigenvalue weighted by molar-refractivity contribution is 8.13. The summed E-state index contributed by atoms with van der Waals surface area (Å²) in [5, 5.41) is -0.210. The van der Waals surface area contributed by atoms with Crippen molar-refractivity contribution in [2.75, 3.05) is 12.4 Å². The molecule has 1 heterocycles. The first kappa shape index (κ1) is 7.47. The summed E-state index contributed by atoms with van der Waals surface area (Å²) >= 11 is 1.18. The molecule has 3 nitrogen and oxygen atoms in total. The first-order chi connectivity index (χ1) is 4.83. The summed E-state index contributed by atoms with van der Waals surface area (Å²) in [7, 11) is 0. The van der Waals surface area contributed by atoms with Gasteiger partial charge in [-0.1, -0.05) is 6.58 Å². The lowest BCUT2D eigenvalue weighted by Gasteiger charge is -2.05. The molecule has 0 bridgehead atoms. The van der Waals surface area contributed by atoms with E-state index in [-0.39, 0.29) is 11.4 Å². The molecule has 56 valence electrons. The minimum atomic E-state index is -0.210. The van der Waals surface area contributed by atoms with E-state index < -0.39 is 0 Å². The van der Waals surface area contributed by atoms with Crippen molar-refractivity contribution >= 4 is 17.1 Å². The Hall–Kier alpha value is -0.640. The predicted molar refractivity (Wildman–Crippen MR) is 38.9 cm³/mol. The van der Waals surface area contributed by atoms with E-state index in [0.717, 1.165) is 0 Å². The van der Waals surface area contributed by atoms with Crippen molar-refractivity contribution in [3.8, 4) is 0 Å². The average molecular weight is 160 g/mol. The molecule has 1 aliphatic heterocycles. The zero-order chi connectivity index (χ0) is 7.40. The fraction of sp³-hybridized carbons (Fsp3) is 0.500. The number of hydrogen-bond acceptors (Lipinski definition) is 4. The van der Waals surface area contributed by atoms with Crippen LogP contribution in [0.3, 0.4) is 0 Å². The summed E-state index contributed by atoms with van der Waals surface area (Å²) < 4.78 is 9.65. The van der Waals surface area contributed by atoms with E-state index in [2.05, 4.69) is 6.58 Å². The van der Waals surface area contributed by atoms with Gasteiger partial charge in [0, 0.05) is 5.75 Å². The molecule has 0 radical (unpaired) electrons. The molecule has 0 aliphatic carbocycles. The minimum Gasteiger partial charge on any atom is -0.498 e. The molecule has 1 saturated heterocycles. The van der Waals surface area contributed by atoms with Crippen LogP contribution in [0.25, 0.3) is 0 Å². The maximum absolute atomic E-state index is 10.5. The number of cyclic esters (lactones) is 1. The van der Waals surface area contributed by atoms with Crippen molar-refractivity contribution in [2.24, 2.45) is 0 Å². The molecule has 0 aromatic carbocycles. The molecular weight excluding hydrogens is 152 g/mol. The van der Waals surface area contributed by atoms with Crippen LogP contribution < -0.4 is 0 Å². The Kier molecular flexibility index (Phi) is 2.62. The molecule has 1 atom stereocenters. The molecule has 10 heavy (non-hydrogen) atoms. The van der Waals surface area contributed by atoms with Gasteiger partial charge < -0.3 is 9.47 Å². The molecule has 1 fully saturated rings. The number of rotatable bonds is 3. The molecule has 0 aromatic heterocycles. The van der Waals surface area contributed by atoms with Crippen LogP contribution in [0.2, 0.25) is 0 Å². The van der Waals surface area contributed by atoms with Gasteiger partial charge in [-0.25, -0.2) is 4.79 Å². The Labute approximate surface area is 63.4 Å². The van der Waals surface area contributed by atoms with Gasteiger partial charge in [-0.2, -0.15) is 0 Å². The quantitative estimate of drug-likeness (QED) is 0.461. The zero-order valence-corrected chi connectivity index (χ0v) is 6.23. The second-order valence-corrected chi connectivity index (χ2v) is 2.76. The van der Waals surface area contributed by atoms with E-state index >= 15 is 0 Å². The molecule has 1 rings (SSSR count). The van der Waals surface area contributed by atoms with E-state index in [1.165, 1.54) is 18.0 Å². The number of hydrogen-bond donors (Lipinski definition) is 0. The maximum atomic E-state index is 10.5. The van der Waals surface area contributed by atoms with Crippen LogP contribution in [0.1, 0.15) is 0 Å². The van der Waals surface area contributed by atoms with Gasteiger partial charge in [-0.05, 0) is 11.8 Å². The zero-order valence-electron chi connectivity index (χ0n) is 5.41. The molecule has 0 aromatic rings. The largest absolute Gasteiger partial charge is 0.498 e. The first-order valence-corrected chi connectivity index (χ1v) is 3.87. The van der Waals surface area contributed by atoms with Gasteiger partial charge in [-0.15, -0.1) is 0 Å². The summed E-state index contributed by atoms with van der Waals surface area (Å²) in [6.45, 7) is 3.79. The summed E-state index contributed by atoms with van der Waals surface area (Å²) in [4.78, 5) is 10.5. The van der Waals surface area contributed by atoms with Crippen LogP contribution in [0.15, 0.2) is 12.8 Å². The van der Waals surface area contributed by atoms with Gasteiger partial charge in [0.1, 0.15) is 12.7 Å². The molecule has 1 unspecified atom stereocenters. The normalized spacial score (nSPS) is 24.0. The highest BCUT2D eigenvalue weighted by Crippen LogP contribution is 2.19. The van der Waals surface area contributed by atoms with Crippen LogP contribution in [0.5, 0.6) is 0 Å². The first-order valence-electron chi connectivity index (χ1n) is 2.89. The fourth-order valence-electron chi connectivity index (χ4n) is 0.623. The second kappa shape index (κ2) is 3.51. The summed E-state index contributed by atoms with van der Waals surface area (Å²) in [5.41, 5.74) is 0. The fourth-order valence-corrected chi connectivity index (χ4v) is 1.31. The molecule has 0 amide bonds. The van der Waals surface area contributed by atoms with Crippen molar-refractivity contribution in [1.29, 1.82) is 0 Å². The van der Waals surface area contributed by atoms with Crippen molar-refractivity contribution in [1.82, 2.24) is 0 Å². The van der Waals surface area contributed by atoms with Crippen molar-refractivity contribution in [2.45, 2.75) is 6.10 Å². The van der Waals surface area contributed by atoms with Crippen molar-refractivity contribution in [3.05, 3.63) is 12.8 Å². The monoisotopic (exact) mass is 160 g/mol. The molecule has 4 heteroatoms. The Morgan fingerprint density at radius 3 is 3.30 bits per heavy atom. The summed E-state index contributed by atoms with van der Waals surface area (Å²) in [6.07, 6.45) is 1.26. The van der Waals surface area contributed by atoms with E-state index in [1.54, 1.807) is 0 Å². The number of thioether (sulfide) groups is 1. The second-order valence-electron chi connectivity index (χ2n) is 1.80. The Morgan fingerprint density at radius 1 is 2.00 bits per heavy atom. The van der Waals surface area contributed by atoms with Gasteiger partial charge in [-0.3, -0.25) is 0 Å². The summed E-state index contributed by atoms with van der Waals surface area (Å²) in [6, 6.07) is 0. The van der Waals surface area contributed by atoms with E-state index in [4.69, 9.17) is 9.47 Å². The SMILES string of the molecule is C=COCC1CSC(=O)O1. The number of carbonyl (C=O) groups excluding carboxylic acids is 1. The van der Waals surface area contributed by atoms with Gasteiger partial charge in [0.2, 0.25) is 0 Å². The van der Waals surface area contributed by atoms with Crippen molar-refractivity contribution in [3.63, 3.8) is 0 Å². The van der Waals surface area contributed by atoms with Crippen LogP contribution in [-0.2, 0) is 9.47 Å². The number of carbonyl (C=O) groups is 1. The third kappa shape index (κ3) is 1.95. The summed E-state index contributed by atoms with van der Waals surface area (Å²) in [5.74, 6) is 0.687. The molecule has 0 saturated carbocycles. The molecule has 0 N–H and O–H groups in total. The Bertz CT molecular complexity index is 146. The minimum absolute atomic E-state index is 0.0875. The van der Waals surface area contributed by atoms with E-state index in [0.29, 0.717) is 12.4 Å². The average Bonchev–Trinajstić information content (AvgIpc) is 2.31. The van der Waals surface area contributed by atoms with Crippen LogP contribution in [0, 0.1) is 0 Å². The molecule has 1 aliphatic rings. The standard InChI is InChI=1S/C6H8O3S/c1-2-8-3-5-4-10-6(7)9-5/h2,5H,1,3-4H2. The van der Waals surface area contributed by atoms with Crippen LogP contribution in [-0.4, -0.2) is 23.8 Å². The van der Waals surface area contributed by atoms with Gasteiger partial charge in [0.15, 0.2) is 0 Å². The molecular formula is C6H8O3S. The lowest BCUT2D eigenvalue weighted by atomic mass is 10.4. The van der Waals surface area contributed by atoms with E-state index in [1.807, 2.05) is 0 Å². The van der Waals surface area contributed by atoms with Crippen molar-refractivity contribution < 1.29 is 14.3 Å².